The van der Waals surface area contributed by atoms with E-state index < -0.39 is 5.66 Å². The van der Waals surface area contributed by atoms with Crippen molar-refractivity contribution in [1.29, 1.82) is 0 Å². The van der Waals surface area contributed by atoms with E-state index in [1.165, 1.54) is 6.42 Å². The molecule has 0 unspecified atom stereocenters. The van der Waals surface area contributed by atoms with Crippen LogP contribution in [-0.2, 0) is 0 Å². The predicted octanol–water partition coefficient (Wildman–Crippen LogP) is 3.86. The Kier molecular flexibility index (Phi) is 4.44. The number of aliphatic imine (C=N–C) groups is 2. The molecule has 1 saturated carbocycles. The lowest BCUT2D eigenvalue weighted by molar-refractivity contribution is 0.305. The number of anilines is 1. The third-order valence-corrected chi connectivity index (χ3v) is 5.45. The summed E-state index contributed by atoms with van der Waals surface area (Å²) >= 11 is 0. The molecule has 0 bridgehead atoms. The Hall–Kier alpha value is -3.08. The van der Waals surface area contributed by atoms with E-state index in [2.05, 4.69) is 52.9 Å². The molecule has 5 nitrogen and oxygen atoms in total. The van der Waals surface area contributed by atoms with Crippen LogP contribution in [0.3, 0.4) is 0 Å². The summed E-state index contributed by atoms with van der Waals surface area (Å²) in [6, 6.07) is 18.5. The minimum absolute atomic E-state index is 0.278. The highest BCUT2D eigenvalue weighted by Crippen LogP contribution is 2.39. The molecule has 1 aliphatic heterocycles. The lowest BCUT2D eigenvalue weighted by Gasteiger charge is -2.45. The number of nitrogens with two attached hydrogens (primary N) is 2. The number of hydrogen-bond donors (Lipinski definition) is 2. The maximum absolute atomic E-state index is 6.29. The molecular formula is C22H25N5. The van der Waals surface area contributed by atoms with Crippen molar-refractivity contribution in [2.45, 2.75) is 37.8 Å². The molecule has 0 atom stereocenters. The van der Waals surface area contributed by atoms with Crippen LogP contribution in [0.5, 0.6) is 0 Å². The summed E-state index contributed by atoms with van der Waals surface area (Å²) in [5, 5.41) is 0. The van der Waals surface area contributed by atoms with Crippen LogP contribution in [0.2, 0.25) is 0 Å². The second kappa shape index (κ2) is 6.91. The zero-order chi connectivity index (χ0) is 18.9. The van der Waals surface area contributed by atoms with Gasteiger partial charge in [-0.3, -0.25) is 4.90 Å². The third kappa shape index (κ3) is 3.21. The molecule has 27 heavy (non-hydrogen) atoms. The number of guanidine groups is 2. The number of hydrogen-bond acceptors (Lipinski definition) is 5. The minimum Gasteiger partial charge on any atom is -0.369 e. The summed E-state index contributed by atoms with van der Waals surface area (Å²) in [6.45, 7) is 4.25. The normalized spacial score (nSPS) is 18.7. The maximum atomic E-state index is 6.29. The van der Waals surface area contributed by atoms with Crippen molar-refractivity contribution in [3.05, 3.63) is 72.3 Å². The molecule has 4 N–H and O–H groups in total. The Morgan fingerprint density at radius 3 is 2.19 bits per heavy atom. The predicted molar refractivity (Wildman–Crippen MR) is 113 cm³/mol. The SMILES string of the molecule is C=C(c1ccccc1)c1ccc(N2C(N)=NC(N)=NC23CCCCC3)cc1. The van der Waals surface area contributed by atoms with E-state index in [1.54, 1.807) is 0 Å². The van der Waals surface area contributed by atoms with Crippen molar-refractivity contribution >= 4 is 23.2 Å². The lowest BCUT2D eigenvalue weighted by Crippen LogP contribution is -2.58. The topological polar surface area (TPSA) is 80.0 Å². The molecule has 0 saturated heterocycles. The summed E-state index contributed by atoms with van der Waals surface area (Å²) in [4.78, 5) is 11.0. The second-order valence-electron chi connectivity index (χ2n) is 7.21. The summed E-state index contributed by atoms with van der Waals surface area (Å²) in [5.41, 5.74) is 16.0. The molecule has 1 heterocycles. The molecule has 2 aliphatic rings. The average molecular weight is 359 g/mol. The van der Waals surface area contributed by atoms with Gasteiger partial charge in [-0.15, -0.1) is 0 Å². The Labute approximate surface area is 160 Å². The molecular weight excluding hydrogens is 334 g/mol. The van der Waals surface area contributed by atoms with Crippen LogP contribution in [0.25, 0.3) is 5.57 Å². The first kappa shape index (κ1) is 17.3. The van der Waals surface area contributed by atoms with Gasteiger partial charge < -0.3 is 11.5 Å². The molecule has 4 rings (SSSR count). The summed E-state index contributed by atoms with van der Waals surface area (Å²) in [5.74, 6) is 0.693. The van der Waals surface area contributed by atoms with Gasteiger partial charge in [0.1, 0.15) is 5.66 Å². The minimum atomic E-state index is -0.411. The monoisotopic (exact) mass is 359 g/mol. The molecule has 0 aromatic heterocycles. The van der Waals surface area contributed by atoms with E-state index in [-0.39, 0.29) is 5.96 Å². The fraction of sp³-hybridized carbons (Fsp3) is 0.273. The van der Waals surface area contributed by atoms with E-state index >= 15 is 0 Å². The zero-order valence-corrected chi connectivity index (χ0v) is 15.4. The van der Waals surface area contributed by atoms with E-state index in [0.717, 1.165) is 48.1 Å². The molecule has 2 aromatic rings. The molecule has 0 radical (unpaired) electrons. The fourth-order valence-electron chi connectivity index (χ4n) is 4.11. The van der Waals surface area contributed by atoms with Crippen molar-refractivity contribution < 1.29 is 0 Å². The van der Waals surface area contributed by atoms with Gasteiger partial charge in [-0.25, -0.2) is 4.99 Å². The van der Waals surface area contributed by atoms with Crippen LogP contribution in [-0.4, -0.2) is 17.6 Å². The first-order valence-electron chi connectivity index (χ1n) is 9.44. The van der Waals surface area contributed by atoms with Crippen LogP contribution in [0.4, 0.5) is 5.69 Å². The first-order chi connectivity index (χ1) is 13.1. The van der Waals surface area contributed by atoms with E-state index in [0.29, 0.717) is 5.96 Å². The van der Waals surface area contributed by atoms with Gasteiger partial charge in [0.2, 0.25) is 11.9 Å². The quantitative estimate of drug-likeness (QED) is 0.873. The van der Waals surface area contributed by atoms with Crippen LogP contribution in [0, 0.1) is 0 Å². The highest BCUT2D eigenvalue weighted by atomic mass is 15.4. The lowest BCUT2D eigenvalue weighted by atomic mass is 9.87. The summed E-state index contributed by atoms with van der Waals surface area (Å²) < 4.78 is 0. The van der Waals surface area contributed by atoms with E-state index in [9.17, 15) is 0 Å². The molecule has 1 fully saturated rings. The first-order valence-corrected chi connectivity index (χ1v) is 9.44. The van der Waals surface area contributed by atoms with Gasteiger partial charge in [0.05, 0.1) is 0 Å². The van der Waals surface area contributed by atoms with Crippen LogP contribution >= 0.6 is 0 Å². The molecule has 1 aliphatic carbocycles. The maximum Gasteiger partial charge on any atom is 0.220 e. The Bertz CT molecular complexity index is 890. The smallest absolute Gasteiger partial charge is 0.220 e. The van der Waals surface area contributed by atoms with Crippen LogP contribution < -0.4 is 16.4 Å². The zero-order valence-electron chi connectivity index (χ0n) is 15.4. The fourth-order valence-corrected chi connectivity index (χ4v) is 4.11. The van der Waals surface area contributed by atoms with Gasteiger partial charge in [-0.2, -0.15) is 4.99 Å². The van der Waals surface area contributed by atoms with Gasteiger partial charge in [0, 0.05) is 5.69 Å². The Morgan fingerprint density at radius 2 is 1.52 bits per heavy atom. The van der Waals surface area contributed by atoms with Crippen molar-refractivity contribution in [1.82, 2.24) is 0 Å². The Balaban J connectivity index is 1.66. The van der Waals surface area contributed by atoms with E-state index in [4.69, 9.17) is 16.5 Å². The molecule has 2 aromatic carbocycles. The summed E-state index contributed by atoms with van der Waals surface area (Å²) in [7, 11) is 0. The molecule has 1 spiro atoms. The van der Waals surface area contributed by atoms with Crippen LogP contribution in [0.15, 0.2) is 71.2 Å². The van der Waals surface area contributed by atoms with Gasteiger partial charge in [-0.05, 0) is 54.5 Å². The van der Waals surface area contributed by atoms with Crippen molar-refractivity contribution in [3.63, 3.8) is 0 Å². The number of nitrogens with zero attached hydrogens (tertiary/aromatic N) is 3. The standard InChI is InChI=1S/C22H25N5/c1-16(17-8-4-2-5-9-17)18-10-12-19(13-11-18)27-21(24)25-20(23)26-22(27)14-6-3-7-15-22/h2,4-5,8-13H,1,3,6-7,14-15H2,(H4,23,24,25,26). The Morgan fingerprint density at radius 1 is 0.889 bits per heavy atom. The largest absolute Gasteiger partial charge is 0.369 e. The van der Waals surface area contributed by atoms with Gasteiger partial charge >= 0.3 is 0 Å². The number of rotatable bonds is 3. The summed E-state index contributed by atoms with van der Waals surface area (Å²) in [6.07, 6.45) is 5.32. The van der Waals surface area contributed by atoms with Gasteiger partial charge in [0.25, 0.3) is 0 Å². The molecule has 138 valence electrons. The second-order valence-corrected chi connectivity index (χ2v) is 7.21. The van der Waals surface area contributed by atoms with Crippen molar-refractivity contribution in [2.24, 2.45) is 21.5 Å². The highest BCUT2D eigenvalue weighted by molar-refractivity contribution is 6.05. The van der Waals surface area contributed by atoms with Gasteiger partial charge in [0.15, 0.2) is 0 Å². The van der Waals surface area contributed by atoms with Gasteiger partial charge in [-0.1, -0.05) is 55.5 Å². The van der Waals surface area contributed by atoms with Crippen molar-refractivity contribution in [3.8, 4) is 0 Å². The third-order valence-electron chi connectivity index (χ3n) is 5.45. The number of benzene rings is 2. The van der Waals surface area contributed by atoms with Crippen LogP contribution in [0.1, 0.15) is 43.2 Å². The average Bonchev–Trinajstić information content (AvgIpc) is 2.68. The highest BCUT2D eigenvalue weighted by Gasteiger charge is 2.42. The molecule has 0 amide bonds. The van der Waals surface area contributed by atoms with Crippen molar-refractivity contribution in [2.75, 3.05) is 4.90 Å². The molecule has 5 heteroatoms. The van der Waals surface area contributed by atoms with E-state index in [1.807, 2.05) is 18.2 Å².